The van der Waals surface area contributed by atoms with Crippen LogP contribution in [0.15, 0.2) is 42.5 Å². The normalized spacial score (nSPS) is 32.8. The average Bonchev–Trinajstić information content (AvgIpc) is 3.01. The summed E-state index contributed by atoms with van der Waals surface area (Å²) in [6.45, 7) is 0.252. The van der Waals surface area contributed by atoms with Crippen LogP contribution in [0.2, 0.25) is 0 Å². The third-order valence-electron chi connectivity index (χ3n) is 7.35. The lowest BCUT2D eigenvalue weighted by Gasteiger charge is -2.45. The van der Waals surface area contributed by atoms with Gasteiger partial charge in [-0.3, -0.25) is 0 Å². The number of benzene rings is 2. The zero-order valence-electron chi connectivity index (χ0n) is 23.8. The fraction of sp³-hybridized carbons (Fsp3) is 0.483. The van der Waals surface area contributed by atoms with Gasteiger partial charge in [-0.1, -0.05) is 12.1 Å². The van der Waals surface area contributed by atoms with Crippen molar-refractivity contribution >= 4 is 12.0 Å². The molecule has 0 radical (unpaired) electrons. The largest absolute Gasteiger partial charge is 0.504 e. The molecule has 0 amide bonds. The van der Waals surface area contributed by atoms with Gasteiger partial charge in [0.15, 0.2) is 35.6 Å². The standard InChI is InChI=1S/C29H36O16/c1-12-22(36)24(38)25(39)29(43-12)45-27-23(37)20(11-41-21(35)7-3-13-2-5-15(30)17(32)8-13)44-28(26(27)40)42-10-19(34)14-4-6-16(31)18(33)9-14/h2-9,12,19-20,22-34,36-40H,10-11H2,1H3/b7-3+/t12-,19?,20+,22-,23+,24+,25+,26+,27-,28+,29-/m0/s1. The van der Waals surface area contributed by atoms with E-state index in [0.29, 0.717) is 5.56 Å². The molecule has 0 aromatic heterocycles. The molecule has 0 saturated carbocycles. The summed E-state index contributed by atoms with van der Waals surface area (Å²) in [5, 5.41) is 101. The second-order valence-electron chi connectivity index (χ2n) is 10.6. The van der Waals surface area contributed by atoms with Gasteiger partial charge in [-0.05, 0) is 48.4 Å². The van der Waals surface area contributed by atoms with Crippen LogP contribution in [0, 0.1) is 0 Å². The molecule has 2 heterocycles. The van der Waals surface area contributed by atoms with Crippen LogP contribution in [0.5, 0.6) is 23.0 Å². The van der Waals surface area contributed by atoms with E-state index in [1.165, 1.54) is 37.3 Å². The highest BCUT2D eigenvalue weighted by Gasteiger charge is 2.50. The van der Waals surface area contributed by atoms with E-state index in [4.69, 9.17) is 23.7 Å². The van der Waals surface area contributed by atoms with E-state index >= 15 is 0 Å². The Morgan fingerprint density at radius 3 is 2.16 bits per heavy atom. The van der Waals surface area contributed by atoms with Gasteiger partial charge in [-0.25, -0.2) is 4.79 Å². The summed E-state index contributed by atoms with van der Waals surface area (Å²) < 4.78 is 27.4. The molecule has 0 bridgehead atoms. The smallest absolute Gasteiger partial charge is 0.330 e. The second-order valence-corrected chi connectivity index (χ2v) is 10.6. The van der Waals surface area contributed by atoms with Gasteiger partial charge in [0.1, 0.15) is 55.4 Å². The number of phenols is 4. The van der Waals surface area contributed by atoms with E-state index in [9.17, 15) is 55.9 Å². The van der Waals surface area contributed by atoms with Crippen LogP contribution in [-0.4, -0.2) is 132 Å². The molecule has 11 atom stereocenters. The Balaban J connectivity index is 1.47. The second kappa shape index (κ2) is 14.7. The summed E-state index contributed by atoms with van der Waals surface area (Å²) in [7, 11) is 0. The maximum absolute atomic E-state index is 12.4. The zero-order chi connectivity index (χ0) is 33.0. The number of esters is 1. The first kappa shape index (κ1) is 34.3. The lowest BCUT2D eigenvalue weighted by atomic mass is 9.97. The van der Waals surface area contributed by atoms with Crippen molar-refractivity contribution in [1.82, 2.24) is 0 Å². The number of aliphatic hydroxyl groups excluding tert-OH is 6. The Bertz CT molecular complexity index is 1340. The number of hydrogen-bond acceptors (Lipinski definition) is 16. The molecule has 1 unspecified atom stereocenters. The fourth-order valence-electron chi connectivity index (χ4n) is 4.67. The first-order valence-electron chi connectivity index (χ1n) is 13.8. The van der Waals surface area contributed by atoms with Gasteiger partial charge in [0.05, 0.1) is 12.7 Å². The van der Waals surface area contributed by atoms with Crippen LogP contribution in [0.25, 0.3) is 6.08 Å². The number of phenolic OH excluding ortho intramolecular Hbond substituents is 4. The zero-order valence-corrected chi connectivity index (χ0v) is 23.8. The van der Waals surface area contributed by atoms with Crippen molar-refractivity contribution in [2.75, 3.05) is 13.2 Å². The summed E-state index contributed by atoms with van der Waals surface area (Å²) >= 11 is 0. The van der Waals surface area contributed by atoms with Crippen LogP contribution in [0.4, 0.5) is 0 Å². The monoisotopic (exact) mass is 640 g/mol. The first-order chi connectivity index (χ1) is 21.3. The predicted octanol–water partition coefficient (Wildman–Crippen LogP) is -1.53. The molecule has 2 aromatic carbocycles. The van der Waals surface area contributed by atoms with Gasteiger partial charge >= 0.3 is 5.97 Å². The summed E-state index contributed by atoms with van der Waals surface area (Å²) in [5.74, 6) is -2.58. The first-order valence-corrected chi connectivity index (χ1v) is 13.8. The molecule has 248 valence electrons. The van der Waals surface area contributed by atoms with Gasteiger partial charge in [0, 0.05) is 6.08 Å². The lowest BCUT2D eigenvalue weighted by Crippen LogP contribution is -2.64. The van der Waals surface area contributed by atoms with Gasteiger partial charge in [0.2, 0.25) is 0 Å². The van der Waals surface area contributed by atoms with E-state index in [1.54, 1.807) is 0 Å². The topological polar surface area (TPSA) is 266 Å². The molecule has 2 fully saturated rings. The minimum Gasteiger partial charge on any atom is -0.504 e. The quantitative estimate of drug-likeness (QED) is 0.0802. The lowest BCUT2D eigenvalue weighted by molar-refractivity contribution is -0.358. The van der Waals surface area contributed by atoms with Crippen molar-refractivity contribution < 1.29 is 79.5 Å². The Hall–Kier alpha value is -3.55. The molecule has 2 aliphatic heterocycles. The number of hydrogen-bond donors (Lipinski definition) is 10. The predicted molar refractivity (Wildman–Crippen MR) is 148 cm³/mol. The molecule has 0 aliphatic carbocycles. The highest BCUT2D eigenvalue weighted by molar-refractivity contribution is 5.87. The van der Waals surface area contributed by atoms with E-state index in [0.717, 1.165) is 18.2 Å². The van der Waals surface area contributed by atoms with Crippen LogP contribution in [0.1, 0.15) is 24.2 Å². The Morgan fingerprint density at radius 2 is 1.49 bits per heavy atom. The van der Waals surface area contributed by atoms with Gasteiger partial charge in [0.25, 0.3) is 0 Å². The number of carbonyl (C=O) groups excluding carboxylic acids is 1. The van der Waals surface area contributed by atoms with Crippen LogP contribution >= 0.6 is 0 Å². The molecule has 4 rings (SSSR count). The molecule has 2 aliphatic rings. The molecular formula is C29H36O16. The van der Waals surface area contributed by atoms with E-state index in [-0.39, 0.29) is 11.3 Å². The van der Waals surface area contributed by atoms with Crippen LogP contribution < -0.4 is 0 Å². The van der Waals surface area contributed by atoms with Gasteiger partial charge in [-0.15, -0.1) is 0 Å². The van der Waals surface area contributed by atoms with Crippen LogP contribution in [-0.2, 0) is 28.5 Å². The molecule has 2 aromatic rings. The number of ether oxygens (including phenoxy) is 5. The van der Waals surface area contributed by atoms with Gasteiger partial charge < -0.3 is 74.7 Å². The number of carbonyl (C=O) groups is 1. The molecule has 0 spiro atoms. The maximum Gasteiger partial charge on any atom is 0.330 e. The molecule has 2 saturated heterocycles. The van der Waals surface area contributed by atoms with Crippen molar-refractivity contribution in [3.05, 3.63) is 53.6 Å². The summed E-state index contributed by atoms with van der Waals surface area (Å²) in [6, 6.07) is 7.39. The van der Waals surface area contributed by atoms with E-state index in [1.807, 2.05) is 0 Å². The molecule has 16 nitrogen and oxygen atoms in total. The Kier molecular flexibility index (Phi) is 11.2. The molecule has 16 heteroatoms. The Labute approximate surface area is 256 Å². The number of aliphatic hydroxyl groups is 6. The number of rotatable bonds is 10. The minimum absolute atomic E-state index is 0.142. The molecule has 45 heavy (non-hydrogen) atoms. The Morgan fingerprint density at radius 1 is 0.822 bits per heavy atom. The fourth-order valence-corrected chi connectivity index (χ4v) is 4.67. The van der Waals surface area contributed by atoms with Crippen molar-refractivity contribution in [2.45, 2.75) is 74.4 Å². The third kappa shape index (κ3) is 8.19. The maximum atomic E-state index is 12.4. The molecular weight excluding hydrogens is 604 g/mol. The minimum atomic E-state index is -1.80. The van der Waals surface area contributed by atoms with E-state index < -0.39 is 104 Å². The SMILES string of the molecule is C[C@@H]1O[C@@H](O[C@@H]2[C@@H](O)[C@H](OCC(O)c3ccc(O)c(O)c3)O[C@H](COC(=O)/C=C/c3ccc(O)c(O)c3)[C@H]2O)[C@H](O)[C@H](O)[C@H]1O. The molecule has 10 N–H and O–H groups in total. The van der Waals surface area contributed by atoms with Crippen molar-refractivity contribution in [1.29, 1.82) is 0 Å². The van der Waals surface area contributed by atoms with Gasteiger partial charge in [-0.2, -0.15) is 0 Å². The average molecular weight is 641 g/mol. The van der Waals surface area contributed by atoms with E-state index in [2.05, 4.69) is 0 Å². The third-order valence-corrected chi connectivity index (χ3v) is 7.35. The number of aromatic hydroxyl groups is 4. The summed E-state index contributed by atoms with van der Waals surface area (Å²) in [4.78, 5) is 12.4. The summed E-state index contributed by atoms with van der Waals surface area (Å²) in [5.41, 5.74) is 0.497. The highest BCUT2D eigenvalue weighted by atomic mass is 16.7. The van der Waals surface area contributed by atoms with Crippen molar-refractivity contribution in [3.63, 3.8) is 0 Å². The van der Waals surface area contributed by atoms with Crippen molar-refractivity contribution in [3.8, 4) is 23.0 Å². The van der Waals surface area contributed by atoms with Crippen LogP contribution in [0.3, 0.4) is 0 Å². The van der Waals surface area contributed by atoms with Crippen molar-refractivity contribution in [2.24, 2.45) is 0 Å². The summed E-state index contributed by atoms with van der Waals surface area (Å²) in [6.07, 6.45) is -14.9. The highest BCUT2D eigenvalue weighted by Crippen LogP contribution is 2.32.